The molecule has 1 rings (SSSR count). The molecule has 1 aromatic carbocycles. The first-order chi connectivity index (χ1) is 6.15. The predicted molar refractivity (Wildman–Crippen MR) is 50.3 cm³/mol. The molecule has 0 saturated carbocycles. The number of nitrogens with two attached hydrogens (primary N) is 1. The Kier molecular flexibility index (Phi) is 2.97. The number of hydrogen-bond acceptors (Lipinski definition) is 3. The Morgan fingerprint density at radius 3 is 2.38 bits per heavy atom. The maximum absolute atomic E-state index is 10.3. The van der Waals surface area contributed by atoms with Crippen molar-refractivity contribution >= 4 is 5.69 Å². The maximum Gasteiger partial charge on any atom is 0.269 e. The minimum Gasteiger partial charge on any atom is -0.324 e. The second kappa shape index (κ2) is 4.00. The first-order valence-corrected chi connectivity index (χ1v) is 4.15. The number of hydrogen-bond donors (Lipinski definition) is 1. The number of benzene rings is 1. The molecular formula is C9H12N2O2. The van der Waals surface area contributed by atoms with E-state index in [4.69, 9.17) is 5.73 Å². The van der Waals surface area contributed by atoms with E-state index in [1.807, 2.05) is 6.92 Å². The van der Waals surface area contributed by atoms with Gasteiger partial charge in [-0.1, -0.05) is 19.1 Å². The number of nitro benzene ring substituents is 1. The molecule has 0 aliphatic heterocycles. The molecule has 0 aliphatic carbocycles. The molecule has 0 aliphatic rings. The molecule has 0 saturated heterocycles. The Balaban J connectivity index is 2.87. The van der Waals surface area contributed by atoms with Crippen molar-refractivity contribution in [1.82, 2.24) is 0 Å². The molecule has 70 valence electrons. The van der Waals surface area contributed by atoms with Crippen LogP contribution in [0, 0.1) is 10.1 Å². The maximum atomic E-state index is 10.3. The molecule has 0 aromatic heterocycles. The number of nitro groups is 1. The van der Waals surface area contributed by atoms with Crippen LogP contribution in [0.25, 0.3) is 0 Å². The van der Waals surface area contributed by atoms with Crippen LogP contribution in [-0.2, 0) is 0 Å². The summed E-state index contributed by atoms with van der Waals surface area (Å²) < 4.78 is 0. The average molecular weight is 180 g/mol. The molecule has 0 heterocycles. The van der Waals surface area contributed by atoms with Gasteiger partial charge in [0.05, 0.1) is 4.92 Å². The lowest BCUT2D eigenvalue weighted by Gasteiger charge is -2.07. The van der Waals surface area contributed by atoms with Crippen molar-refractivity contribution in [2.24, 2.45) is 5.73 Å². The zero-order chi connectivity index (χ0) is 9.84. The number of nitrogens with zero attached hydrogens (tertiary/aromatic N) is 1. The molecule has 1 atom stereocenters. The highest BCUT2D eigenvalue weighted by Crippen LogP contribution is 2.17. The highest BCUT2D eigenvalue weighted by Gasteiger charge is 2.06. The summed E-state index contributed by atoms with van der Waals surface area (Å²) in [6.45, 7) is 1.98. The van der Waals surface area contributed by atoms with Gasteiger partial charge in [-0.2, -0.15) is 0 Å². The van der Waals surface area contributed by atoms with E-state index in [-0.39, 0.29) is 11.7 Å². The summed E-state index contributed by atoms with van der Waals surface area (Å²) in [6.07, 6.45) is 0.831. The zero-order valence-electron chi connectivity index (χ0n) is 7.43. The zero-order valence-corrected chi connectivity index (χ0v) is 7.43. The van der Waals surface area contributed by atoms with Gasteiger partial charge in [-0.25, -0.2) is 0 Å². The normalized spacial score (nSPS) is 12.5. The van der Waals surface area contributed by atoms with Gasteiger partial charge in [-0.05, 0) is 12.0 Å². The van der Waals surface area contributed by atoms with Gasteiger partial charge in [0.2, 0.25) is 0 Å². The molecule has 4 heteroatoms. The standard InChI is InChI=1S/C9H12N2O2/c1-2-9(10)7-3-5-8(6-4-7)11(12)13/h3-6,9H,2,10H2,1H3/t9-/m1/s1. The van der Waals surface area contributed by atoms with Crippen LogP contribution in [0.1, 0.15) is 24.9 Å². The van der Waals surface area contributed by atoms with Crippen molar-refractivity contribution in [3.8, 4) is 0 Å². The fourth-order valence-electron chi connectivity index (χ4n) is 1.08. The molecule has 0 radical (unpaired) electrons. The summed E-state index contributed by atoms with van der Waals surface area (Å²) in [4.78, 5) is 9.91. The molecule has 1 aromatic rings. The summed E-state index contributed by atoms with van der Waals surface area (Å²) in [7, 11) is 0. The van der Waals surface area contributed by atoms with Gasteiger partial charge in [0, 0.05) is 18.2 Å². The van der Waals surface area contributed by atoms with Crippen molar-refractivity contribution in [2.75, 3.05) is 0 Å². The van der Waals surface area contributed by atoms with Crippen LogP contribution in [-0.4, -0.2) is 4.92 Å². The third kappa shape index (κ3) is 2.26. The van der Waals surface area contributed by atoms with Gasteiger partial charge in [-0.3, -0.25) is 10.1 Å². The van der Waals surface area contributed by atoms with Crippen LogP contribution in [0.2, 0.25) is 0 Å². The Bertz CT molecular complexity index is 295. The van der Waals surface area contributed by atoms with Crippen molar-refractivity contribution < 1.29 is 4.92 Å². The smallest absolute Gasteiger partial charge is 0.269 e. The molecule has 13 heavy (non-hydrogen) atoms. The number of non-ortho nitro benzene ring substituents is 1. The van der Waals surface area contributed by atoms with E-state index in [2.05, 4.69) is 0 Å². The van der Waals surface area contributed by atoms with Gasteiger partial charge >= 0.3 is 0 Å². The van der Waals surface area contributed by atoms with Crippen molar-refractivity contribution in [3.63, 3.8) is 0 Å². The molecule has 0 amide bonds. The van der Waals surface area contributed by atoms with Crippen LogP contribution < -0.4 is 5.73 Å². The van der Waals surface area contributed by atoms with Gasteiger partial charge < -0.3 is 5.73 Å². The molecule has 2 N–H and O–H groups in total. The van der Waals surface area contributed by atoms with Crippen LogP contribution in [0.3, 0.4) is 0 Å². The van der Waals surface area contributed by atoms with Crippen molar-refractivity contribution in [2.45, 2.75) is 19.4 Å². The van der Waals surface area contributed by atoms with E-state index in [0.29, 0.717) is 0 Å². The lowest BCUT2D eigenvalue weighted by atomic mass is 10.1. The van der Waals surface area contributed by atoms with Crippen LogP contribution in [0.15, 0.2) is 24.3 Å². The Labute approximate surface area is 76.5 Å². The lowest BCUT2D eigenvalue weighted by molar-refractivity contribution is -0.384. The molecule has 0 unspecified atom stereocenters. The second-order valence-electron chi connectivity index (χ2n) is 2.86. The van der Waals surface area contributed by atoms with Gasteiger partial charge in [0.25, 0.3) is 5.69 Å². The average Bonchev–Trinajstić information content (AvgIpc) is 2.17. The Hall–Kier alpha value is -1.42. The fraction of sp³-hybridized carbons (Fsp3) is 0.333. The Morgan fingerprint density at radius 2 is 2.00 bits per heavy atom. The van der Waals surface area contributed by atoms with E-state index in [0.717, 1.165) is 12.0 Å². The first kappa shape index (κ1) is 9.67. The predicted octanol–water partition coefficient (Wildman–Crippen LogP) is 2.00. The topological polar surface area (TPSA) is 69.2 Å². The minimum atomic E-state index is -0.415. The quantitative estimate of drug-likeness (QED) is 0.571. The SMILES string of the molecule is CC[C@@H](N)c1ccc([N+](=O)[O-])cc1. The van der Waals surface area contributed by atoms with Crippen LogP contribution in [0.5, 0.6) is 0 Å². The third-order valence-corrected chi connectivity index (χ3v) is 1.97. The van der Waals surface area contributed by atoms with Crippen molar-refractivity contribution in [1.29, 1.82) is 0 Å². The molecule has 0 fully saturated rings. The first-order valence-electron chi connectivity index (χ1n) is 4.15. The molecule has 0 spiro atoms. The molecule has 4 nitrogen and oxygen atoms in total. The second-order valence-corrected chi connectivity index (χ2v) is 2.86. The molecular weight excluding hydrogens is 168 g/mol. The van der Waals surface area contributed by atoms with E-state index in [9.17, 15) is 10.1 Å². The monoisotopic (exact) mass is 180 g/mol. The minimum absolute atomic E-state index is 0.0270. The summed E-state index contributed by atoms with van der Waals surface area (Å²) in [5.41, 5.74) is 6.79. The van der Waals surface area contributed by atoms with E-state index >= 15 is 0 Å². The van der Waals surface area contributed by atoms with Crippen molar-refractivity contribution in [3.05, 3.63) is 39.9 Å². The summed E-state index contributed by atoms with van der Waals surface area (Å²) in [5, 5.41) is 10.3. The fourth-order valence-corrected chi connectivity index (χ4v) is 1.08. The number of rotatable bonds is 3. The summed E-state index contributed by atoms with van der Waals surface area (Å²) in [6, 6.07) is 6.33. The molecule has 0 bridgehead atoms. The summed E-state index contributed by atoms with van der Waals surface area (Å²) >= 11 is 0. The van der Waals surface area contributed by atoms with Gasteiger partial charge in [0.15, 0.2) is 0 Å². The van der Waals surface area contributed by atoms with Gasteiger partial charge in [0.1, 0.15) is 0 Å². The van der Waals surface area contributed by atoms with Gasteiger partial charge in [-0.15, -0.1) is 0 Å². The third-order valence-electron chi connectivity index (χ3n) is 1.97. The highest BCUT2D eigenvalue weighted by atomic mass is 16.6. The summed E-state index contributed by atoms with van der Waals surface area (Å²) in [5.74, 6) is 0. The van der Waals surface area contributed by atoms with Crippen LogP contribution >= 0.6 is 0 Å². The Morgan fingerprint density at radius 1 is 1.46 bits per heavy atom. The van der Waals surface area contributed by atoms with E-state index in [1.54, 1.807) is 12.1 Å². The lowest BCUT2D eigenvalue weighted by Crippen LogP contribution is -2.08. The van der Waals surface area contributed by atoms with E-state index in [1.165, 1.54) is 12.1 Å². The highest BCUT2D eigenvalue weighted by molar-refractivity contribution is 5.33. The van der Waals surface area contributed by atoms with E-state index < -0.39 is 4.92 Å². The van der Waals surface area contributed by atoms with Crippen LogP contribution in [0.4, 0.5) is 5.69 Å². The largest absolute Gasteiger partial charge is 0.324 e.